The molecule has 0 unspecified atom stereocenters. The number of likely N-dealkylation sites (tertiary alicyclic amines) is 1. The molecule has 0 radical (unpaired) electrons. The Bertz CT molecular complexity index is 710. The molecule has 1 N–H and O–H groups in total. The third kappa shape index (κ3) is 3.86. The lowest BCUT2D eigenvalue weighted by atomic mass is 9.99. The lowest BCUT2D eigenvalue weighted by Gasteiger charge is -2.32. The molecular weight excluding hydrogens is 316 g/mol. The van der Waals surface area contributed by atoms with E-state index < -0.39 is 0 Å². The minimum Gasteiger partial charge on any atom is -0.371 e. The molecule has 2 aliphatic heterocycles. The number of nitrogens with zero attached hydrogens (tertiary/aromatic N) is 3. The lowest BCUT2D eigenvalue weighted by molar-refractivity contribution is -0.128. The fourth-order valence-corrected chi connectivity index (χ4v) is 3.71. The molecule has 2 aromatic rings. The third-order valence-corrected chi connectivity index (χ3v) is 4.91. The summed E-state index contributed by atoms with van der Waals surface area (Å²) >= 11 is 0. The van der Waals surface area contributed by atoms with Crippen LogP contribution < -0.4 is 5.32 Å². The summed E-state index contributed by atoms with van der Waals surface area (Å²) in [6.45, 7) is 3.07. The number of aromatic nitrogens is 2. The molecule has 1 amide bonds. The average Bonchev–Trinajstić information content (AvgIpc) is 2.96. The number of carbonyl (C=O) groups excluding carboxylic acids is 1. The second kappa shape index (κ2) is 7.29. The van der Waals surface area contributed by atoms with Gasteiger partial charge in [0.2, 0.25) is 5.91 Å². The van der Waals surface area contributed by atoms with Crippen LogP contribution in [0, 0.1) is 5.92 Å². The van der Waals surface area contributed by atoms with Crippen LogP contribution in [-0.4, -0.2) is 46.1 Å². The lowest BCUT2D eigenvalue weighted by Crippen LogP contribution is -2.44. The first-order chi connectivity index (χ1) is 12.3. The Labute approximate surface area is 147 Å². The Morgan fingerprint density at radius 1 is 1.16 bits per heavy atom. The van der Waals surface area contributed by atoms with Gasteiger partial charge in [-0.1, -0.05) is 6.07 Å². The number of amides is 1. The van der Waals surface area contributed by atoms with Crippen LogP contribution in [0.15, 0.2) is 49.1 Å². The van der Waals surface area contributed by atoms with Crippen molar-refractivity contribution in [1.29, 1.82) is 0 Å². The molecule has 0 aromatic carbocycles. The third-order valence-electron chi connectivity index (χ3n) is 4.91. The fourth-order valence-electron chi connectivity index (χ4n) is 3.71. The molecule has 4 heterocycles. The summed E-state index contributed by atoms with van der Waals surface area (Å²) in [6, 6.07) is 7.92. The van der Waals surface area contributed by atoms with Crippen molar-refractivity contribution < 1.29 is 9.53 Å². The molecule has 0 spiro atoms. The van der Waals surface area contributed by atoms with Crippen molar-refractivity contribution in [3.63, 3.8) is 0 Å². The highest BCUT2D eigenvalue weighted by Crippen LogP contribution is 2.32. The monoisotopic (exact) mass is 338 g/mol. The smallest absolute Gasteiger partial charge is 0.226 e. The maximum absolute atomic E-state index is 12.6. The highest BCUT2D eigenvalue weighted by atomic mass is 16.5. The van der Waals surface area contributed by atoms with Crippen LogP contribution in [0.25, 0.3) is 0 Å². The maximum atomic E-state index is 12.6. The van der Waals surface area contributed by atoms with Crippen molar-refractivity contribution >= 4 is 5.91 Å². The Morgan fingerprint density at radius 2 is 2.04 bits per heavy atom. The van der Waals surface area contributed by atoms with Crippen molar-refractivity contribution in [2.75, 3.05) is 13.1 Å². The summed E-state index contributed by atoms with van der Waals surface area (Å²) in [7, 11) is 0. The zero-order valence-electron chi connectivity index (χ0n) is 14.0. The van der Waals surface area contributed by atoms with Gasteiger partial charge in [0.15, 0.2) is 0 Å². The van der Waals surface area contributed by atoms with Gasteiger partial charge in [-0.3, -0.25) is 19.7 Å². The van der Waals surface area contributed by atoms with Gasteiger partial charge in [0.05, 0.1) is 18.1 Å². The van der Waals surface area contributed by atoms with Crippen LogP contribution in [0.2, 0.25) is 0 Å². The van der Waals surface area contributed by atoms with E-state index in [2.05, 4.69) is 20.2 Å². The molecule has 25 heavy (non-hydrogen) atoms. The molecule has 0 saturated carbocycles. The molecule has 2 fully saturated rings. The van der Waals surface area contributed by atoms with Crippen molar-refractivity contribution in [2.24, 2.45) is 5.92 Å². The molecule has 2 bridgehead atoms. The number of nitrogens with one attached hydrogen (secondary N) is 1. The largest absolute Gasteiger partial charge is 0.371 e. The first kappa shape index (κ1) is 16.2. The Hall–Kier alpha value is -2.31. The number of hydrogen-bond donors (Lipinski definition) is 1. The van der Waals surface area contributed by atoms with Crippen LogP contribution >= 0.6 is 0 Å². The standard InChI is InChI=1S/C19H22N4O2/c24-19(22-10-15-2-1-5-21-9-15)17-8-16-12-23(13-18(17)25-16)11-14-3-6-20-7-4-14/h1-7,9,16-18H,8,10-13H2,(H,22,24)/t16-,17+,18+/m0/s1. The van der Waals surface area contributed by atoms with Gasteiger partial charge in [0.25, 0.3) is 0 Å². The van der Waals surface area contributed by atoms with Crippen LogP contribution in [0.4, 0.5) is 0 Å². The van der Waals surface area contributed by atoms with E-state index in [1.54, 1.807) is 12.4 Å². The van der Waals surface area contributed by atoms with Crippen LogP contribution in [-0.2, 0) is 22.6 Å². The molecular formula is C19H22N4O2. The van der Waals surface area contributed by atoms with E-state index in [4.69, 9.17) is 4.74 Å². The number of hydrogen-bond acceptors (Lipinski definition) is 5. The molecule has 2 aromatic heterocycles. The van der Waals surface area contributed by atoms with Crippen molar-refractivity contribution in [3.05, 3.63) is 60.2 Å². The second-order valence-corrected chi connectivity index (χ2v) is 6.77. The number of ether oxygens (including phenoxy) is 1. The SMILES string of the molecule is O=C(NCc1cccnc1)[C@@H]1C[C@H]2CN(Cc3ccncc3)C[C@H]1O2. The molecule has 2 saturated heterocycles. The number of fused-ring (bicyclic) bond motifs is 2. The van der Waals surface area contributed by atoms with E-state index in [0.29, 0.717) is 6.54 Å². The van der Waals surface area contributed by atoms with Crippen LogP contribution in [0.3, 0.4) is 0 Å². The predicted octanol–water partition coefficient (Wildman–Crippen LogP) is 1.38. The fraction of sp³-hybridized carbons (Fsp3) is 0.421. The molecule has 3 atom stereocenters. The van der Waals surface area contributed by atoms with E-state index in [9.17, 15) is 4.79 Å². The van der Waals surface area contributed by atoms with Gasteiger partial charge in [-0.25, -0.2) is 0 Å². The molecule has 2 aliphatic rings. The van der Waals surface area contributed by atoms with E-state index in [-0.39, 0.29) is 24.0 Å². The van der Waals surface area contributed by atoms with Gasteiger partial charge < -0.3 is 10.1 Å². The highest BCUT2D eigenvalue weighted by molar-refractivity contribution is 5.79. The predicted molar refractivity (Wildman–Crippen MR) is 92.4 cm³/mol. The van der Waals surface area contributed by atoms with Gasteiger partial charge in [-0.05, 0) is 35.7 Å². The topological polar surface area (TPSA) is 67.4 Å². The van der Waals surface area contributed by atoms with Gasteiger partial charge in [-0.2, -0.15) is 0 Å². The molecule has 4 rings (SSSR count). The second-order valence-electron chi connectivity index (χ2n) is 6.77. The summed E-state index contributed by atoms with van der Waals surface area (Å²) in [5, 5.41) is 3.03. The molecule has 6 nitrogen and oxygen atoms in total. The highest BCUT2D eigenvalue weighted by Gasteiger charge is 2.44. The Morgan fingerprint density at radius 3 is 2.84 bits per heavy atom. The van der Waals surface area contributed by atoms with Gasteiger partial charge in [0.1, 0.15) is 0 Å². The molecule has 0 aliphatic carbocycles. The first-order valence-electron chi connectivity index (χ1n) is 8.71. The normalized spacial score (nSPS) is 25.7. The van der Waals surface area contributed by atoms with Gasteiger partial charge in [0, 0.05) is 51.0 Å². The quantitative estimate of drug-likeness (QED) is 0.892. The molecule has 6 heteroatoms. The summed E-state index contributed by atoms with van der Waals surface area (Å²) in [5.41, 5.74) is 2.26. The Kier molecular flexibility index (Phi) is 4.72. The number of carbonyl (C=O) groups is 1. The van der Waals surface area contributed by atoms with Crippen LogP contribution in [0.5, 0.6) is 0 Å². The summed E-state index contributed by atoms with van der Waals surface area (Å²) in [4.78, 5) is 23.1. The molecule has 130 valence electrons. The number of morpholine rings is 1. The minimum atomic E-state index is -0.0656. The summed E-state index contributed by atoms with van der Waals surface area (Å²) < 4.78 is 6.02. The van der Waals surface area contributed by atoms with E-state index in [0.717, 1.165) is 31.6 Å². The number of rotatable bonds is 5. The van der Waals surface area contributed by atoms with Crippen molar-refractivity contribution in [1.82, 2.24) is 20.2 Å². The summed E-state index contributed by atoms with van der Waals surface area (Å²) in [5.74, 6) is 0.0197. The summed E-state index contributed by atoms with van der Waals surface area (Å²) in [6.07, 6.45) is 8.08. The minimum absolute atomic E-state index is 0.0190. The van der Waals surface area contributed by atoms with Crippen molar-refractivity contribution in [2.45, 2.75) is 31.7 Å². The zero-order valence-corrected chi connectivity index (χ0v) is 14.0. The average molecular weight is 338 g/mol. The van der Waals surface area contributed by atoms with Crippen LogP contribution in [0.1, 0.15) is 17.5 Å². The van der Waals surface area contributed by atoms with E-state index in [1.807, 2.05) is 36.7 Å². The maximum Gasteiger partial charge on any atom is 0.226 e. The number of pyridine rings is 2. The van der Waals surface area contributed by atoms with E-state index in [1.165, 1.54) is 5.56 Å². The van der Waals surface area contributed by atoms with Crippen molar-refractivity contribution in [3.8, 4) is 0 Å². The van der Waals surface area contributed by atoms with Gasteiger partial charge in [-0.15, -0.1) is 0 Å². The van der Waals surface area contributed by atoms with E-state index >= 15 is 0 Å². The first-order valence-corrected chi connectivity index (χ1v) is 8.71. The Balaban J connectivity index is 1.33. The zero-order chi connectivity index (χ0) is 17.1. The van der Waals surface area contributed by atoms with Gasteiger partial charge >= 0.3 is 0 Å².